The first kappa shape index (κ1) is 22.1. The first-order valence-electron chi connectivity index (χ1n) is 11.9. The summed E-state index contributed by atoms with van der Waals surface area (Å²) in [5.41, 5.74) is -1.95. The van der Waals surface area contributed by atoms with Crippen LogP contribution in [-0.4, -0.2) is 26.5 Å². The molecule has 0 aliphatic heterocycles. The van der Waals surface area contributed by atoms with Crippen LogP contribution in [0.2, 0.25) is 0 Å². The molecule has 3 nitrogen and oxygen atoms in total. The predicted octanol–water partition coefficient (Wildman–Crippen LogP) is 5.80. The van der Waals surface area contributed by atoms with E-state index in [1.54, 1.807) is 6.07 Å². The average molecular weight is 421 g/mol. The van der Waals surface area contributed by atoms with Gasteiger partial charge in [-0.25, -0.2) is 0 Å². The van der Waals surface area contributed by atoms with Crippen LogP contribution >= 0.6 is 0 Å². The maximum atomic E-state index is 12.5. The van der Waals surface area contributed by atoms with E-state index >= 15 is 0 Å². The number of aromatic hydroxyl groups is 1. The number of hydrogen-bond acceptors (Lipinski definition) is 3. The molecule has 5 unspecified atom stereocenters. The lowest BCUT2D eigenvalue weighted by Crippen LogP contribution is -2.67. The Balaban J connectivity index is 1.88. The van der Waals surface area contributed by atoms with Gasteiger partial charge in [-0.1, -0.05) is 81.0 Å². The number of rotatable bonds is 5. The van der Waals surface area contributed by atoms with Crippen LogP contribution in [0.3, 0.4) is 0 Å². The van der Waals surface area contributed by atoms with Gasteiger partial charge in [-0.05, 0) is 55.7 Å². The van der Waals surface area contributed by atoms with Gasteiger partial charge in [0.1, 0.15) is 5.75 Å². The van der Waals surface area contributed by atoms with Gasteiger partial charge in [0.05, 0.1) is 11.2 Å². The summed E-state index contributed by atoms with van der Waals surface area (Å²) in [6.07, 6.45) is 21.0. The normalized spacial score (nSPS) is 39.7. The zero-order valence-corrected chi connectivity index (χ0v) is 18.7. The number of benzene rings is 1. The second kappa shape index (κ2) is 8.44. The Kier molecular flexibility index (Phi) is 6.02. The molecule has 0 radical (unpaired) electrons. The maximum absolute atomic E-state index is 12.5. The molecular formula is C28H36O3. The highest BCUT2D eigenvalue weighted by atomic mass is 16.3. The molecule has 3 N–H and O–H groups in total. The fraction of sp³-hybridized carbons (Fsp3) is 0.500. The Labute approximate surface area is 186 Å². The van der Waals surface area contributed by atoms with E-state index in [4.69, 9.17) is 0 Å². The summed E-state index contributed by atoms with van der Waals surface area (Å²) in [7, 11) is 0. The minimum atomic E-state index is -1.15. The lowest BCUT2D eigenvalue weighted by atomic mass is 9.46. The molecule has 0 aromatic heterocycles. The highest BCUT2D eigenvalue weighted by Crippen LogP contribution is 2.62. The lowest BCUT2D eigenvalue weighted by Gasteiger charge is -2.61. The van der Waals surface area contributed by atoms with Crippen LogP contribution in [0.5, 0.6) is 5.75 Å². The monoisotopic (exact) mass is 420 g/mol. The summed E-state index contributed by atoms with van der Waals surface area (Å²) in [4.78, 5) is 0. The molecule has 0 saturated heterocycles. The first-order valence-corrected chi connectivity index (χ1v) is 11.9. The summed E-state index contributed by atoms with van der Waals surface area (Å²) in [6.45, 7) is 4.22. The van der Waals surface area contributed by atoms with Crippen molar-refractivity contribution in [2.75, 3.05) is 0 Å². The van der Waals surface area contributed by atoms with Gasteiger partial charge < -0.3 is 15.3 Å². The summed E-state index contributed by atoms with van der Waals surface area (Å²) in [6, 6.07) is 7.50. The van der Waals surface area contributed by atoms with E-state index in [9.17, 15) is 15.3 Å². The van der Waals surface area contributed by atoms with Crippen molar-refractivity contribution in [1.82, 2.24) is 0 Å². The predicted molar refractivity (Wildman–Crippen MR) is 126 cm³/mol. The van der Waals surface area contributed by atoms with Gasteiger partial charge >= 0.3 is 0 Å². The van der Waals surface area contributed by atoms with E-state index < -0.39 is 16.6 Å². The van der Waals surface area contributed by atoms with Gasteiger partial charge in [-0.2, -0.15) is 0 Å². The Morgan fingerprint density at radius 1 is 0.903 bits per heavy atom. The number of hydrogen-bond donors (Lipinski definition) is 3. The largest absolute Gasteiger partial charge is 0.508 e. The van der Waals surface area contributed by atoms with Crippen LogP contribution in [0.1, 0.15) is 63.9 Å². The van der Waals surface area contributed by atoms with Crippen LogP contribution in [0.25, 0.3) is 0 Å². The van der Waals surface area contributed by atoms with Gasteiger partial charge in [0, 0.05) is 17.3 Å². The molecule has 1 aromatic rings. The first-order chi connectivity index (χ1) is 14.9. The lowest BCUT2D eigenvalue weighted by molar-refractivity contribution is -0.204. The van der Waals surface area contributed by atoms with E-state index in [1.165, 1.54) is 0 Å². The van der Waals surface area contributed by atoms with Crippen LogP contribution in [-0.2, 0) is 0 Å². The second-order valence-electron chi connectivity index (χ2n) is 9.64. The quantitative estimate of drug-likeness (QED) is 0.564. The van der Waals surface area contributed by atoms with Crippen molar-refractivity contribution in [3.63, 3.8) is 0 Å². The fourth-order valence-corrected chi connectivity index (χ4v) is 6.65. The Morgan fingerprint density at radius 2 is 1.52 bits per heavy atom. The summed E-state index contributed by atoms with van der Waals surface area (Å²) in [5, 5.41) is 35.0. The molecule has 1 fully saturated rings. The van der Waals surface area contributed by atoms with Crippen LogP contribution < -0.4 is 0 Å². The molecule has 1 saturated carbocycles. The minimum absolute atomic E-state index is 0.0544. The Bertz CT molecular complexity index is 869. The van der Waals surface area contributed by atoms with E-state index in [2.05, 4.69) is 32.1 Å². The standard InChI is InChI=1S/C28H36O3/c1-3-23-13-5-7-17-27(23,30)26(28(31)18-8-6-14-24(28)4-2)16-10-12-22(20-26)21-11-9-15-25(29)19-21/h5-9,11,13-15,17-19,22-24,29-31H,3-4,10,12,16,20H2,1-2H3. The maximum Gasteiger partial charge on any atom is 0.115 e. The third kappa shape index (κ3) is 3.43. The van der Waals surface area contributed by atoms with Crippen molar-refractivity contribution in [2.45, 2.75) is 69.5 Å². The Morgan fingerprint density at radius 3 is 2.06 bits per heavy atom. The third-order valence-electron chi connectivity index (χ3n) is 8.25. The number of allylic oxidation sites excluding steroid dienone is 4. The zero-order valence-electron chi connectivity index (χ0n) is 18.7. The summed E-state index contributed by atoms with van der Waals surface area (Å²) < 4.78 is 0. The van der Waals surface area contributed by atoms with Crippen molar-refractivity contribution in [2.24, 2.45) is 17.3 Å². The average Bonchev–Trinajstić information content (AvgIpc) is 2.79. The Hall–Kier alpha value is -2.10. The molecule has 0 spiro atoms. The molecule has 4 rings (SSSR count). The number of phenolic OH excluding ortho intramolecular Hbond substituents is 1. The van der Waals surface area contributed by atoms with Crippen molar-refractivity contribution in [3.8, 4) is 5.75 Å². The molecule has 3 aliphatic rings. The van der Waals surface area contributed by atoms with Crippen molar-refractivity contribution in [1.29, 1.82) is 0 Å². The highest BCUT2D eigenvalue weighted by Gasteiger charge is 2.65. The van der Waals surface area contributed by atoms with Crippen molar-refractivity contribution < 1.29 is 15.3 Å². The molecule has 5 atom stereocenters. The number of aliphatic hydroxyl groups is 2. The fourth-order valence-electron chi connectivity index (χ4n) is 6.65. The van der Waals surface area contributed by atoms with Crippen LogP contribution in [0.4, 0.5) is 0 Å². The molecule has 3 heteroatoms. The molecule has 0 bridgehead atoms. The van der Waals surface area contributed by atoms with Gasteiger partial charge in [0.15, 0.2) is 0 Å². The molecule has 166 valence electrons. The SMILES string of the molecule is CCC1C=CC=CC1(O)C1(C2(O)C=CC=CC2CC)CCCC(c2cccc(O)c2)C1. The molecular weight excluding hydrogens is 384 g/mol. The van der Waals surface area contributed by atoms with Crippen LogP contribution in [0.15, 0.2) is 72.9 Å². The summed E-state index contributed by atoms with van der Waals surface area (Å²) in [5.74, 6) is 0.329. The van der Waals surface area contributed by atoms with Gasteiger partial charge in [0.2, 0.25) is 0 Å². The van der Waals surface area contributed by atoms with E-state index in [1.807, 2.05) is 48.6 Å². The molecule has 1 aromatic carbocycles. The van der Waals surface area contributed by atoms with E-state index in [0.29, 0.717) is 6.42 Å². The van der Waals surface area contributed by atoms with E-state index in [-0.39, 0.29) is 23.5 Å². The van der Waals surface area contributed by atoms with Crippen molar-refractivity contribution >= 4 is 0 Å². The minimum Gasteiger partial charge on any atom is -0.508 e. The number of phenols is 1. The third-order valence-corrected chi connectivity index (χ3v) is 8.25. The molecule has 0 amide bonds. The van der Waals surface area contributed by atoms with Gasteiger partial charge in [-0.3, -0.25) is 0 Å². The van der Waals surface area contributed by atoms with Crippen molar-refractivity contribution in [3.05, 3.63) is 78.4 Å². The summed E-state index contributed by atoms with van der Waals surface area (Å²) >= 11 is 0. The van der Waals surface area contributed by atoms with Crippen LogP contribution in [0, 0.1) is 17.3 Å². The van der Waals surface area contributed by atoms with Gasteiger partial charge in [-0.15, -0.1) is 0 Å². The zero-order chi connectivity index (χ0) is 22.1. The highest BCUT2D eigenvalue weighted by molar-refractivity contribution is 5.38. The topological polar surface area (TPSA) is 60.7 Å². The molecule has 31 heavy (non-hydrogen) atoms. The van der Waals surface area contributed by atoms with E-state index in [0.717, 1.165) is 37.7 Å². The smallest absolute Gasteiger partial charge is 0.115 e. The van der Waals surface area contributed by atoms with Gasteiger partial charge in [0.25, 0.3) is 0 Å². The second-order valence-corrected chi connectivity index (χ2v) is 9.64. The molecule has 0 heterocycles. The molecule has 3 aliphatic carbocycles.